The normalized spacial score (nSPS) is 20.6. The Labute approximate surface area is 152 Å². The van der Waals surface area contributed by atoms with Crippen LogP contribution in [0.5, 0.6) is 0 Å². The summed E-state index contributed by atoms with van der Waals surface area (Å²) in [5.74, 6) is 1.53. The van der Waals surface area contributed by atoms with Gasteiger partial charge in [-0.05, 0) is 62.6 Å². The summed E-state index contributed by atoms with van der Waals surface area (Å²) in [5.41, 5.74) is 1.41. The molecule has 0 bridgehead atoms. The van der Waals surface area contributed by atoms with Crippen LogP contribution in [0.15, 0.2) is 30.3 Å². The van der Waals surface area contributed by atoms with Gasteiger partial charge in [0.25, 0.3) is 0 Å². The van der Waals surface area contributed by atoms with Gasteiger partial charge < -0.3 is 10.2 Å². The van der Waals surface area contributed by atoms with Crippen molar-refractivity contribution in [1.29, 1.82) is 0 Å². The first-order chi connectivity index (χ1) is 12.2. The van der Waals surface area contributed by atoms with Crippen LogP contribution in [0.4, 0.5) is 4.79 Å². The lowest BCUT2D eigenvalue weighted by molar-refractivity contribution is 0.164. The molecule has 4 nitrogen and oxygen atoms in total. The van der Waals surface area contributed by atoms with Crippen LogP contribution >= 0.6 is 0 Å². The molecule has 4 heteroatoms. The summed E-state index contributed by atoms with van der Waals surface area (Å²) in [6, 6.07) is 10.9. The van der Waals surface area contributed by atoms with Crippen LogP contribution < -0.4 is 5.32 Å². The van der Waals surface area contributed by atoms with E-state index in [1.807, 2.05) is 4.90 Å². The maximum atomic E-state index is 12.2. The highest BCUT2D eigenvalue weighted by Crippen LogP contribution is 2.21. The van der Waals surface area contributed by atoms with E-state index in [1.54, 1.807) is 0 Å². The summed E-state index contributed by atoms with van der Waals surface area (Å²) < 4.78 is 0. The van der Waals surface area contributed by atoms with Gasteiger partial charge in [0.2, 0.25) is 0 Å². The molecule has 3 rings (SSSR count). The van der Waals surface area contributed by atoms with Gasteiger partial charge in [0.15, 0.2) is 0 Å². The summed E-state index contributed by atoms with van der Waals surface area (Å²) in [5, 5.41) is 3.14. The minimum Gasteiger partial charge on any atom is -0.338 e. The Hall–Kier alpha value is -1.55. The number of hydrogen-bond donors (Lipinski definition) is 1. The number of hydrogen-bond acceptors (Lipinski definition) is 2. The number of nitrogens with one attached hydrogen (secondary N) is 1. The number of likely N-dealkylation sites (tertiary alicyclic amines) is 2. The van der Waals surface area contributed by atoms with Crippen molar-refractivity contribution in [2.75, 3.05) is 32.7 Å². The van der Waals surface area contributed by atoms with E-state index in [1.165, 1.54) is 31.5 Å². The van der Waals surface area contributed by atoms with Crippen LogP contribution in [0.25, 0.3) is 0 Å². The summed E-state index contributed by atoms with van der Waals surface area (Å²) in [4.78, 5) is 16.8. The molecule has 0 aromatic heterocycles. The molecule has 1 aromatic carbocycles. The molecule has 0 saturated carbocycles. The number of nitrogens with zero attached hydrogens (tertiary/aromatic N) is 2. The lowest BCUT2D eigenvalue weighted by Gasteiger charge is -2.33. The van der Waals surface area contributed by atoms with Crippen molar-refractivity contribution < 1.29 is 4.79 Å². The number of urea groups is 1. The second-order valence-corrected chi connectivity index (χ2v) is 7.90. The summed E-state index contributed by atoms with van der Waals surface area (Å²) >= 11 is 0. The van der Waals surface area contributed by atoms with E-state index in [-0.39, 0.29) is 6.03 Å². The number of amides is 2. The van der Waals surface area contributed by atoms with E-state index < -0.39 is 0 Å². The van der Waals surface area contributed by atoms with E-state index >= 15 is 0 Å². The molecular formula is C21H33N3O. The number of rotatable bonds is 5. The van der Waals surface area contributed by atoms with Crippen molar-refractivity contribution in [2.24, 2.45) is 11.8 Å². The highest BCUT2D eigenvalue weighted by atomic mass is 16.2. The lowest BCUT2D eigenvalue weighted by Crippen LogP contribution is -2.44. The molecule has 0 aliphatic carbocycles. The van der Waals surface area contributed by atoms with E-state index in [4.69, 9.17) is 0 Å². The fourth-order valence-electron chi connectivity index (χ4n) is 3.98. The average molecular weight is 344 g/mol. The second-order valence-electron chi connectivity index (χ2n) is 7.90. The zero-order valence-electron chi connectivity index (χ0n) is 15.6. The highest BCUT2D eigenvalue weighted by Gasteiger charge is 2.21. The summed E-state index contributed by atoms with van der Waals surface area (Å²) in [6.07, 6.45) is 5.92. The first kappa shape index (κ1) is 18.2. The van der Waals surface area contributed by atoms with E-state index in [2.05, 4.69) is 47.5 Å². The second kappa shape index (κ2) is 9.23. The maximum Gasteiger partial charge on any atom is 0.317 e. The van der Waals surface area contributed by atoms with E-state index in [9.17, 15) is 4.79 Å². The summed E-state index contributed by atoms with van der Waals surface area (Å²) in [7, 11) is 0. The number of carbonyl (C=O) groups excluding carboxylic acids is 1. The quantitative estimate of drug-likeness (QED) is 0.884. The van der Waals surface area contributed by atoms with Crippen LogP contribution in [0.1, 0.15) is 44.6 Å². The Balaban J connectivity index is 1.29. The predicted molar refractivity (Wildman–Crippen MR) is 102 cm³/mol. The zero-order valence-corrected chi connectivity index (χ0v) is 15.6. The van der Waals surface area contributed by atoms with Crippen molar-refractivity contribution in [3.05, 3.63) is 35.9 Å². The Kier molecular flexibility index (Phi) is 6.74. The Bertz CT molecular complexity index is 517. The first-order valence-corrected chi connectivity index (χ1v) is 10.00. The maximum absolute atomic E-state index is 12.2. The van der Waals surface area contributed by atoms with Gasteiger partial charge in [-0.3, -0.25) is 4.90 Å². The molecule has 138 valence electrons. The van der Waals surface area contributed by atoms with Crippen LogP contribution in [0, 0.1) is 11.8 Å². The Morgan fingerprint density at radius 2 is 1.72 bits per heavy atom. The van der Waals surface area contributed by atoms with Gasteiger partial charge in [-0.2, -0.15) is 0 Å². The molecule has 0 unspecified atom stereocenters. The molecule has 0 radical (unpaired) electrons. The van der Waals surface area contributed by atoms with Gasteiger partial charge in [0.05, 0.1) is 0 Å². The zero-order chi connectivity index (χ0) is 17.5. The third-order valence-corrected chi connectivity index (χ3v) is 5.86. The molecule has 25 heavy (non-hydrogen) atoms. The Morgan fingerprint density at radius 1 is 1.04 bits per heavy atom. The van der Waals surface area contributed by atoms with Crippen LogP contribution in [0.2, 0.25) is 0 Å². The molecule has 2 heterocycles. The van der Waals surface area contributed by atoms with Gasteiger partial charge in [-0.1, -0.05) is 37.3 Å². The third kappa shape index (κ3) is 5.74. The van der Waals surface area contributed by atoms with Crippen molar-refractivity contribution in [3.63, 3.8) is 0 Å². The first-order valence-electron chi connectivity index (χ1n) is 10.00. The number of piperidine rings is 2. The van der Waals surface area contributed by atoms with Crippen molar-refractivity contribution in [2.45, 2.75) is 45.6 Å². The molecule has 2 fully saturated rings. The largest absolute Gasteiger partial charge is 0.338 e. The molecule has 2 aliphatic rings. The smallest absolute Gasteiger partial charge is 0.317 e. The minimum absolute atomic E-state index is 0.147. The van der Waals surface area contributed by atoms with Crippen LogP contribution in [0.3, 0.4) is 0 Å². The van der Waals surface area contributed by atoms with Gasteiger partial charge in [-0.25, -0.2) is 4.79 Å². The van der Waals surface area contributed by atoms with Crippen LogP contribution in [-0.2, 0) is 6.54 Å². The molecule has 2 saturated heterocycles. The van der Waals surface area contributed by atoms with Crippen molar-refractivity contribution >= 4 is 6.03 Å². The summed E-state index contributed by atoms with van der Waals surface area (Å²) in [6.45, 7) is 8.37. The van der Waals surface area contributed by atoms with Gasteiger partial charge in [0, 0.05) is 26.2 Å². The molecule has 1 aromatic rings. The monoisotopic (exact) mass is 343 g/mol. The average Bonchev–Trinajstić information content (AvgIpc) is 2.64. The molecular weight excluding hydrogens is 310 g/mol. The van der Waals surface area contributed by atoms with Gasteiger partial charge in [0.1, 0.15) is 0 Å². The topological polar surface area (TPSA) is 35.6 Å². The lowest BCUT2D eigenvalue weighted by atomic mass is 9.93. The molecule has 0 atom stereocenters. The minimum atomic E-state index is 0.147. The predicted octanol–water partition coefficient (Wildman–Crippen LogP) is 3.73. The van der Waals surface area contributed by atoms with E-state index in [0.717, 1.165) is 57.3 Å². The SMILES string of the molecule is CC1CCN(C(=O)NCCC2CCN(Cc3ccccc3)CC2)CC1. The standard InChI is InChI=1S/C21H33N3O/c1-18-8-15-24(16-9-18)21(25)22-12-7-19-10-13-23(14-11-19)17-20-5-3-2-4-6-20/h2-6,18-19H,7-17H2,1H3,(H,22,25). The molecule has 2 amide bonds. The van der Waals surface area contributed by atoms with E-state index in [0.29, 0.717) is 0 Å². The van der Waals surface area contributed by atoms with Crippen LogP contribution in [-0.4, -0.2) is 48.6 Å². The van der Waals surface area contributed by atoms with Gasteiger partial charge in [-0.15, -0.1) is 0 Å². The van der Waals surface area contributed by atoms with Crippen molar-refractivity contribution in [1.82, 2.24) is 15.1 Å². The molecule has 1 N–H and O–H groups in total. The fraction of sp³-hybridized carbons (Fsp3) is 0.667. The molecule has 0 spiro atoms. The number of carbonyl (C=O) groups is 1. The highest BCUT2D eigenvalue weighted by molar-refractivity contribution is 5.74. The third-order valence-electron chi connectivity index (χ3n) is 5.86. The Morgan fingerprint density at radius 3 is 2.40 bits per heavy atom. The van der Waals surface area contributed by atoms with Gasteiger partial charge >= 0.3 is 6.03 Å². The number of benzene rings is 1. The van der Waals surface area contributed by atoms with Crippen molar-refractivity contribution in [3.8, 4) is 0 Å². The fourth-order valence-corrected chi connectivity index (χ4v) is 3.98. The molecule has 2 aliphatic heterocycles.